The molecule has 120 valence electrons. The lowest BCUT2D eigenvalue weighted by molar-refractivity contribution is 0.0519. The molecule has 0 saturated heterocycles. The summed E-state index contributed by atoms with van der Waals surface area (Å²) in [4.78, 5) is 21.5. The Morgan fingerprint density at radius 1 is 1.32 bits per heavy atom. The van der Waals surface area contributed by atoms with Gasteiger partial charge in [0.25, 0.3) is 0 Å². The Labute approximate surface area is 128 Å². The highest BCUT2D eigenvalue weighted by atomic mass is 16.5. The molecule has 2 N–H and O–H groups in total. The molecule has 8 heteroatoms. The number of esters is 1. The van der Waals surface area contributed by atoms with Gasteiger partial charge in [0.15, 0.2) is 5.69 Å². The van der Waals surface area contributed by atoms with Gasteiger partial charge >= 0.3 is 11.9 Å². The lowest BCUT2D eigenvalue weighted by Crippen LogP contribution is -2.07. The molecule has 0 atom stereocenters. The van der Waals surface area contributed by atoms with Crippen molar-refractivity contribution in [2.24, 2.45) is 0 Å². The number of aromatic nitrogens is 4. The van der Waals surface area contributed by atoms with E-state index >= 15 is 0 Å². The van der Waals surface area contributed by atoms with Crippen molar-refractivity contribution in [3.8, 4) is 0 Å². The summed E-state index contributed by atoms with van der Waals surface area (Å²) < 4.78 is 6.19. The first-order valence-corrected chi connectivity index (χ1v) is 6.85. The second kappa shape index (κ2) is 7.96. The number of carboxylic acids is 1. The summed E-state index contributed by atoms with van der Waals surface area (Å²) in [5.41, 5.74) is 2.19. The molecule has 0 aliphatic rings. The maximum absolute atomic E-state index is 11.0. The Hall–Kier alpha value is -2.64. The quantitative estimate of drug-likeness (QED) is 0.833. The Kier molecular flexibility index (Phi) is 6.30. The summed E-state index contributed by atoms with van der Waals surface area (Å²) in [6, 6.07) is 3.21. The first kappa shape index (κ1) is 17.4. The molecule has 0 spiro atoms. The Morgan fingerprint density at radius 2 is 2.00 bits per heavy atom. The van der Waals surface area contributed by atoms with Crippen molar-refractivity contribution in [1.29, 1.82) is 0 Å². The maximum atomic E-state index is 11.0. The topological polar surface area (TPSA) is 110 Å². The van der Waals surface area contributed by atoms with Crippen LogP contribution in [0, 0.1) is 13.8 Å². The third-order valence-corrected chi connectivity index (χ3v) is 2.61. The van der Waals surface area contributed by atoms with Gasteiger partial charge in [-0.2, -0.15) is 10.2 Å². The van der Waals surface area contributed by atoms with E-state index in [4.69, 9.17) is 9.84 Å². The van der Waals surface area contributed by atoms with Gasteiger partial charge in [0.2, 0.25) is 0 Å². The highest BCUT2D eigenvalue weighted by Crippen LogP contribution is 2.02. The van der Waals surface area contributed by atoms with Gasteiger partial charge in [0, 0.05) is 12.2 Å². The number of carbonyl (C=O) groups excluding carboxylic acids is 1. The number of aryl methyl sites for hydroxylation is 3. The van der Waals surface area contributed by atoms with Crippen molar-refractivity contribution in [2.75, 3.05) is 6.61 Å². The number of carboxylic acid groups (broad SMARTS) is 1. The van der Waals surface area contributed by atoms with E-state index in [1.165, 1.54) is 4.68 Å². The summed E-state index contributed by atoms with van der Waals surface area (Å²) in [5, 5.41) is 19.0. The first-order valence-electron chi connectivity index (χ1n) is 6.85. The number of ether oxygens (including phenoxy) is 1. The second-order valence-electron chi connectivity index (χ2n) is 4.45. The highest BCUT2D eigenvalue weighted by Gasteiger charge is 2.10. The number of aromatic amines is 1. The maximum Gasteiger partial charge on any atom is 0.358 e. The molecule has 22 heavy (non-hydrogen) atoms. The van der Waals surface area contributed by atoms with E-state index in [-0.39, 0.29) is 11.7 Å². The van der Waals surface area contributed by atoms with Gasteiger partial charge in [0.1, 0.15) is 5.69 Å². The van der Waals surface area contributed by atoms with E-state index in [1.807, 2.05) is 13.8 Å². The average molecular weight is 308 g/mol. The summed E-state index contributed by atoms with van der Waals surface area (Å²) in [7, 11) is 0. The smallest absolute Gasteiger partial charge is 0.358 e. The first-order chi connectivity index (χ1) is 10.4. The molecular weight excluding hydrogens is 288 g/mol. The molecule has 0 unspecified atom stereocenters. The third-order valence-electron chi connectivity index (χ3n) is 2.61. The van der Waals surface area contributed by atoms with Crippen LogP contribution < -0.4 is 0 Å². The van der Waals surface area contributed by atoms with E-state index in [2.05, 4.69) is 15.3 Å². The van der Waals surface area contributed by atoms with Crippen LogP contribution in [0.15, 0.2) is 12.1 Å². The molecule has 0 aliphatic heterocycles. The third kappa shape index (κ3) is 4.72. The molecular formula is C14H20N4O4. The number of hydrogen-bond donors (Lipinski definition) is 2. The molecule has 0 bridgehead atoms. The minimum absolute atomic E-state index is 0.255. The van der Waals surface area contributed by atoms with Crippen LogP contribution in [0.3, 0.4) is 0 Å². The molecule has 2 aromatic heterocycles. The molecule has 0 amide bonds. The van der Waals surface area contributed by atoms with Crippen LogP contribution in [0.5, 0.6) is 0 Å². The largest absolute Gasteiger partial charge is 0.477 e. The van der Waals surface area contributed by atoms with Gasteiger partial charge in [0.05, 0.1) is 12.3 Å². The van der Waals surface area contributed by atoms with Crippen molar-refractivity contribution in [2.45, 2.75) is 34.2 Å². The zero-order valence-corrected chi connectivity index (χ0v) is 13.1. The summed E-state index contributed by atoms with van der Waals surface area (Å²) in [6.07, 6.45) is 0. The molecule has 0 aliphatic carbocycles. The number of nitrogens with one attached hydrogen (secondary N) is 1. The average Bonchev–Trinajstić information content (AvgIpc) is 3.05. The summed E-state index contributed by atoms with van der Waals surface area (Å²) >= 11 is 0. The molecule has 2 heterocycles. The molecule has 0 fully saturated rings. The molecule has 0 saturated carbocycles. The van der Waals surface area contributed by atoms with Crippen LogP contribution in [-0.4, -0.2) is 43.6 Å². The molecule has 0 aromatic carbocycles. The molecule has 2 rings (SSSR count). The fraction of sp³-hybridized carbons (Fsp3) is 0.429. The van der Waals surface area contributed by atoms with Gasteiger partial charge in [-0.25, -0.2) is 9.59 Å². The lowest BCUT2D eigenvalue weighted by atomic mass is 10.4. The lowest BCUT2D eigenvalue weighted by Gasteiger charge is -1.96. The van der Waals surface area contributed by atoms with Gasteiger partial charge in [-0.15, -0.1) is 0 Å². The highest BCUT2D eigenvalue weighted by molar-refractivity contribution is 5.87. The van der Waals surface area contributed by atoms with Crippen LogP contribution in [0.1, 0.15) is 46.2 Å². The van der Waals surface area contributed by atoms with Gasteiger partial charge in [-0.3, -0.25) is 9.78 Å². The van der Waals surface area contributed by atoms with Crippen LogP contribution in [0.4, 0.5) is 0 Å². The molecule has 0 radical (unpaired) electrons. The van der Waals surface area contributed by atoms with Crippen LogP contribution in [-0.2, 0) is 11.3 Å². The van der Waals surface area contributed by atoms with Crippen LogP contribution in [0.2, 0.25) is 0 Å². The summed E-state index contributed by atoms with van der Waals surface area (Å²) in [6.45, 7) is 8.20. The van der Waals surface area contributed by atoms with Gasteiger partial charge in [-0.05, 0) is 39.8 Å². The predicted octanol–water partition coefficient (Wildman–Crippen LogP) is 1.80. The molecule has 2 aromatic rings. The second-order valence-corrected chi connectivity index (χ2v) is 4.45. The van der Waals surface area contributed by atoms with Crippen molar-refractivity contribution in [3.05, 3.63) is 34.9 Å². The van der Waals surface area contributed by atoms with Gasteiger partial charge in [-0.1, -0.05) is 0 Å². The van der Waals surface area contributed by atoms with E-state index in [0.29, 0.717) is 18.8 Å². The number of carbonyl (C=O) groups is 2. The zero-order chi connectivity index (χ0) is 16.7. The minimum atomic E-state index is -0.924. The van der Waals surface area contributed by atoms with E-state index in [1.54, 1.807) is 26.0 Å². The van der Waals surface area contributed by atoms with Crippen molar-refractivity contribution < 1.29 is 19.4 Å². The Bertz CT molecular complexity index is 645. The standard InChI is InChI=1S/2C7H10N2O2/c1-3-11-7(10)6-4-5(2)8-9-6;1-3-9-6(7(10)11)4-5(2)8-9/h4H,3H2,1-2H3,(H,8,9);4H,3H2,1-2H3,(H,10,11). The van der Waals surface area contributed by atoms with Crippen molar-refractivity contribution in [3.63, 3.8) is 0 Å². The van der Waals surface area contributed by atoms with Gasteiger partial charge < -0.3 is 9.84 Å². The van der Waals surface area contributed by atoms with E-state index < -0.39 is 5.97 Å². The molecule has 8 nitrogen and oxygen atoms in total. The van der Waals surface area contributed by atoms with Crippen molar-refractivity contribution >= 4 is 11.9 Å². The monoisotopic (exact) mass is 308 g/mol. The Balaban J connectivity index is 0.000000220. The zero-order valence-electron chi connectivity index (χ0n) is 13.1. The number of H-pyrrole nitrogens is 1. The van der Waals surface area contributed by atoms with Crippen LogP contribution in [0.25, 0.3) is 0 Å². The van der Waals surface area contributed by atoms with Crippen LogP contribution >= 0.6 is 0 Å². The SMILES string of the molecule is CCOC(=O)c1cc(C)[nH]n1.CCn1nc(C)cc1C(=O)O. The fourth-order valence-corrected chi connectivity index (χ4v) is 1.69. The normalized spacial score (nSPS) is 9.82. The fourth-order valence-electron chi connectivity index (χ4n) is 1.69. The van der Waals surface area contributed by atoms with E-state index in [0.717, 1.165) is 11.4 Å². The number of aromatic carboxylic acids is 1. The van der Waals surface area contributed by atoms with E-state index in [9.17, 15) is 9.59 Å². The number of rotatable bonds is 4. The number of nitrogens with zero attached hydrogens (tertiary/aromatic N) is 3. The summed E-state index contributed by atoms with van der Waals surface area (Å²) in [5.74, 6) is -1.30. The number of hydrogen-bond acceptors (Lipinski definition) is 5. The Morgan fingerprint density at radius 3 is 2.41 bits per heavy atom. The van der Waals surface area contributed by atoms with Crippen molar-refractivity contribution in [1.82, 2.24) is 20.0 Å². The minimum Gasteiger partial charge on any atom is -0.477 e. The predicted molar refractivity (Wildman–Crippen MR) is 78.9 cm³/mol.